The maximum absolute atomic E-state index is 11.5. The molecule has 0 unspecified atom stereocenters. The summed E-state index contributed by atoms with van der Waals surface area (Å²) in [7, 11) is 0. The van der Waals surface area contributed by atoms with Crippen LogP contribution in [0.2, 0.25) is 10.0 Å². The lowest BCUT2D eigenvalue weighted by Crippen LogP contribution is -2.58. The molecule has 1 aromatic carbocycles. The molecule has 3 aliphatic rings. The van der Waals surface area contributed by atoms with Crippen LogP contribution in [0.15, 0.2) is 29.6 Å². The third kappa shape index (κ3) is 4.89. The van der Waals surface area contributed by atoms with Gasteiger partial charge in [0.05, 0.1) is 15.6 Å². The molecule has 37 heavy (non-hydrogen) atoms. The maximum Gasteiger partial charge on any atom is 0.309 e. The van der Waals surface area contributed by atoms with E-state index in [4.69, 9.17) is 33.2 Å². The van der Waals surface area contributed by atoms with Gasteiger partial charge in [-0.3, -0.25) is 4.79 Å². The van der Waals surface area contributed by atoms with Crippen LogP contribution in [0.4, 0.5) is 11.8 Å². The number of piperidine rings is 1. The summed E-state index contributed by atoms with van der Waals surface area (Å²) in [4.78, 5) is 26.1. The summed E-state index contributed by atoms with van der Waals surface area (Å²) in [6.45, 7) is 6.55. The summed E-state index contributed by atoms with van der Waals surface area (Å²) in [6.07, 6.45) is 3.99. The number of carboxylic acid groups (broad SMARTS) is 1. The van der Waals surface area contributed by atoms with Gasteiger partial charge >= 0.3 is 5.97 Å². The summed E-state index contributed by atoms with van der Waals surface area (Å²) >= 11 is 14.1. The Hall–Kier alpha value is -2.13. The van der Waals surface area contributed by atoms with Crippen LogP contribution in [0.25, 0.3) is 10.2 Å². The molecule has 1 saturated carbocycles. The Morgan fingerprint density at radius 2 is 2.00 bits per heavy atom. The van der Waals surface area contributed by atoms with Gasteiger partial charge < -0.3 is 20.2 Å². The van der Waals surface area contributed by atoms with Crippen LogP contribution in [-0.2, 0) is 11.3 Å². The summed E-state index contributed by atoms with van der Waals surface area (Å²) in [5.41, 5.74) is 1.39. The van der Waals surface area contributed by atoms with Crippen molar-refractivity contribution in [2.45, 2.75) is 45.2 Å². The van der Waals surface area contributed by atoms with Crippen LogP contribution >= 0.6 is 34.5 Å². The Bertz CT molecular complexity index is 1320. The smallest absolute Gasteiger partial charge is 0.309 e. The van der Waals surface area contributed by atoms with Gasteiger partial charge in [0.25, 0.3) is 0 Å². The molecular formula is C27H31Cl2N5O2S. The molecule has 7 nitrogen and oxygen atoms in total. The monoisotopic (exact) mass is 559 g/mol. The van der Waals surface area contributed by atoms with Crippen molar-refractivity contribution in [3.05, 3.63) is 45.3 Å². The van der Waals surface area contributed by atoms with Gasteiger partial charge in [-0.1, -0.05) is 29.3 Å². The van der Waals surface area contributed by atoms with Gasteiger partial charge in [0.1, 0.15) is 5.82 Å². The van der Waals surface area contributed by atoms with Gasteiger partial charge in [0.15, 0.2) is 0 Å². The molecule has 196 valence electrons. The predicted molar refractivity (Wildman–Crippen MR) is 150 cm³/mol. The van der Waals surface area contributed by atoms with Crippen molar-refractivity contribution in [2.75, 3.05) is 36.4 Å². The minimum Gasteiger partial charge on any atom is -0.481 e. The molecule has 2 aliphatic heterocycles. The van der Waals surface area contributed by atoms with Crippen LogP contribution < -0.4 is 10.2 Å². The molecule has 0 radical (unpaired) electrons. The lowest BCUT2D eigenvalue weighted by Gasteiger charge is -2.52. The Balaban J connectivity index is 1.09. The third-order valence-corrected chi connectivity index (χ3v) is 10.0. The van der Waals surface area contributed by atoms with E-state index in [2.05, 4.69) is 20.5 Å². The fourth-order valence-electron chi connectivity index (χ4n) is 6.10. The first-order valence-electron chi connectivity index (χ1n) is 12.9. The fourth-order valence-corrected chi connectivity index (χ4v) is 7.37. The zero-order chi connectivity index (χ0) is 25.7. The number of thiophene rings is 1. The lowest BCUT2D eigenvalue weighted by atomic mass is 9.65. The highest BCUT2D eigenvalue weighted by atomic mass is 35.5. The van der Waals surface area contributed by atoms with E-state index in [9.17, 15) is 9.90 Å². The van der Waals surface area contributed by atoms with Crippen LogP contribution in [0.3, 0.4) is 0 Å². The molecule has 1 aliphatic carbocycles. The molecule has 2 N–H and O–H groups in total. The van der Waals surface area contributed by atoms with E-state index in [0.717, 1.165) is 66.6 Å². The average molecular weight is 561 g/mol. The largest absolute Gasteiger partial charge is 0.481 e. The van der Waals surface area contributed by atoms with Crippen molar-refractivity contribution in [3.8, 4) is 0 Å². The van der Waals surface area contributed by atoms with Gasteiger partial charge in [-0.05, 0) is 80.1 Å². The molecule has 2 aromatic heterocycles. The zero-order valence-electron chi connectivity index (χ0n) is 20.8. The quantitative estimate of drug-likeness (QED) is 0.366. The number of carboxylic acids is 1. The standard InChI is InChI=1S/C27H31Cl2N5O2S/c1-27(25(35)36)10-20(11-27)33-7-2-3-17(13-33)18-14-34(15-18)26-31-22-6-8-37-23(22)24(32-26)30-12-16-4-5-19(28)9-21(16)29/h4-6,8-9,17-18,20H,2-3,7,10-15H2,1H3,(H,35,36)(H,30,31,32)/t17-,20?,27?/m0/s1. The summed E-state index contributed by atoms with van der Waals surface area (Å²) < 4.78 is 1.04. The Morgan fingerprint density at radius 3 is 2.76 bits per heavy atom. The minimum atomic E-state index is -0.653. The van der Waals surface area contributed by atoms with Crippen molar-refractivity contribution in [3.63, 3.8) is 0 Å². The molecule has 0 bridgehead atoms. The first-order valence-corrected chi connectivity index (χ1v) is 14.6. The lowest BCUT2D eigenvalue weighted by molar-refractivity contribution is -0.158. The number of carbonyl (C=O) groups is 1. The van der Waals surface area contributed by atoms with Crippen LogP contribution in [-0.4, -0.2) is 58.2 Å². The normalized spacial score (nSPS) is 26.6. The summed E-state index contributed by atoms with van der Waals surface area (Å²) in [6, 6.07) is 8.01. The number of hydrogen-bond acceptors (Lipinski definition) is 7. The SMILES string of the molecule is CC1(C(=O)O)CC(N2CCC[C@H](C3CN(c4nc(NCc5ccc(Cl)cc5Cl)c5sccc5n4)C3)C2)C1. The molecule has 6 rings (SSSR count). The average Bonchev–Trinajstić information content (AvgIpc) is 3.29. The maximum atomic E-state index is 11.5. The van der Waals surface area contributed by atoms with Crippen LogP contribution in [0.5, 0.6) is 0 Å². The van der Waals surface area contributed by atoms with E-state index < -0.39 is 11.4 Å². The Morgan fingerprint density at radius 1 is 1.19 bits per heavy atom. The second kappa shape index (κ2) is 9.88. The van der Waals surface area contributed by atoms with Crippen molar-refractivity contribution < 1.29 is 9.90 Å². The van der Waals surface area contributed by atoms with Crippen molar-refractivity contribution in [1.82, 2.24) is 14.9 Å². The predicted octanol–water partition coefficient (Wildman–Crippen LogP) is 6.01. The number of nitrogens with one attached hydrogen (secondary N) is 1. The van der Waals surface area contributed by atoms with Crippen molar-refractivity contribution >= 4 is 62.5 Å². The Labute approximate surface area is 230 Å². The van der Waals surface area contributed by atoms with Gasteiger partial charge in [0, 0.05) is 42.3 Å². The van der Waals surface area contributed by atoms with E-state index >= 15 is 0 Å². The van der Waals surface area contributed by atoms with Gasteiger partial charge in [-0.2, -0.15) is 4.98 Å². The number of rotatable bonds is 7. The fraction of sp³-hybridized carbons (Fsp3) is 0.519. The number of nitrogens with zero attached hydrogens (tertiary/aromatic N) is 4. The highest BCUT2D eigenvalue weighted by Crippen LogP contribution is 2.45. The number of benzene rings is 1. The molecule has 3 fully saturated rings. The van der Waals surface area contributed by atoms with Crippen LogP contribution in [0, 0.1) is 17.3 Å². The first-order chi connectivity index (χ1) is 17.8. The van der Waals surface area contributed by atoms with E-state index in [1.807, 2.05) is 25.1 Å². The molecule has 0 spiro atoms. The first kappa shape index (κ1) is 25.2. The zero-order valence-corrected chi connectivity index (χ0v) is 23.1. The molecule has 4 heterocycles. The van der Waals surface area contributed by atoms with Crippen molar-refractivity contribution in [1.29, 1.82) is 0 Å². The van der Waals surface area contributed by atoms with Gasteiger partial charge in [0.2, 0.25) is 5.95 Å². The number of aromatic nitrogens is 2. The van der Waals surface area contributed by atoms with Gasteiger partial charge in [-0.25, -0.2) is 4.98 Å². The topological polar surface area (TPSA) is 81.6 Å². The molecular weight excluding hydrogens is 529 g/mol. The Kier molecular flexibility index (Phi) is 6.72. The molecule has 3 aromatic rings. The number of fused-ring (bicyclic) bond motifs is 1. The van der Waals surface area contributed by atoms with E-state index in [1.165, 1.54) is 12.8 Å². The van der Waals surface area contributed by atoms with E-state index in [1.54, 1.807) is 17.4 Å². The van der Waals surface area contributed by atoms with Gasteiger partial charge in [-0.15, -0.1) is 11.3 Å². The van der Waals surface area contributed by atoms with Crippen molar-refractivity contribution in [2.24, 2.45) is 17.3 Å². The summed E-state index contributed by atoms with van der Waals surface area (Å²) in [5, 5.41) is 16.3. The van der Waals surface area contributed by atoms with Crippen LogP contribution in [0.1, 0.15) is 38.2 Å². The number of hydrogen-bond donors (Lipinski definition) is 2. The molecule has 10 heteroatoms. The van der Waals surface area contributed by atoms with E-state index in [0.29, 0.717) is 34.5 Å². The second-order valence-electron chi connectivity index (χ2n) is 11.1. The number of halogens is 2. The molecule has 1 atom stereocenters. The number of aliphatic carboxylic acids is 1. The minimum absolute atomic E-state index is 0.423. The highest BCUT2D eigenvalue weighted by molar-refractivity contribution is 7.17. The molecule has 2 saturated heterocycles. The van der Waals surface area contributed by atoms with E-state index in [-0.39, 0.29) is 0 Å². The highest BCUT2D eigenvalue weighted by Gasteiger charge is 2.49. The third-order valence-electron chi connectivity index (χ3n) is 8.51. The second-order valence-corrected chi connectivity index (χ2v) is 12.8. The number of anilines is 2. The summed E-state index contributed by atoms with van der Waals surface area (Å²) in [5.74, 6) is 2.23. The number of likely N-dealkylation sites (tertiary alicyclic amines) is 1. The molecule has 0 amide bonds.